The number of aryl methyl sites for hydroxylation is 1. The molecule has 1 aromatic heterocycles. The molecular formula is C11H16BrN5O2S. The number of hydrogen-bond acceptors (Lipinski definition) is 5. The van der Waals surface area contributed by atoms with Crippen molar-refractivity contribution in [1.82, 2.24) is 19.7 Å². The Balaban J connectivity index is 2.34. The van der Waals surface area contributed by atoms with Gasteiger partial charge in [0.25, 0.3) is 10.0 Å². The number of aromatic nitrogens is 3. The number of hydrogen-bond donors (Lipinski definition) is 1. The average Bonchev–Trinajstić information content (AvgIpc) is 2.61. The van der Waals surface area contributed by atoms with Crippen LogP contribution in [0.4, 0.5) is 0 Å². The molecule has 1 aliphatic rings. The van der Waals surface area contributed by atoms with E-state index in [4.69, 9.17) is 0 Å². The van der Waals surface area contributed by atoms with Crippen LogP contribution in [0.25, 0.3) is 0 Å². The zero-order valence-electron chi connectivity index (χ0n) is 11.1. The number of nitrogens with zero attached hydrogens (tertiary/aromatic N) is 4. The van der Waals surface area contributed by atoms with Crippen LogP contribution in [0, 0.1) is 11.3 Å². The van der Waals surface area contributed by atoms with Crippen molar-refractivity contribution in [3.05, 3.63) is 4.60 Å². The molecule has 0 saturated heterocycles. The van der Waals surface area contributed by atoms with E-state index < -0.39 is 15.6 Å². The molecule has 2 rings (SSSR count). The third kappa shape index (κ3) is 3.02. The van der Waals surface area contributed by atoms with Crippen LogP contribution in [-0.2, 0) is 17.1 Å². The number of sulfonamides is 1. The number of halogens is 1. The third-order valence-corrected chi connectivity index (χ3v) is 5.92. The fraction of sp³-hybridized carbons (Fsp3) is 0.727. The predicted octanol–water partition coefficient (Wildman–Crippen LogP) is 1.47. The lowest BCUT2D eigenvalue weighted by atomic mass is 9.94. The summed E-state index contributed by atoms with van der Waals surface area (Å²) < 4.78 is 28.9. The second kappa shape index (κ2) is 5.79. The maximum absolute atomic E-state index is 12.5. The molecule has 1 N–H and O–H groups in total. The minimum absolute atomic E-state index is 0.0589. The Kier molecular flexibility index (Phi) is 4.46. The van der Waals surface area contributed by atoms with Gasteiger partial charge in [0, 0.05) is 7.05 Å². The van der Waals surface area contributed by atoms with Gasteiger partial charge in [-0.1, -0.05) is 30.9 Å². The summed E-state index contributed by atoms with van der Waals surface area (Å²) in [6.45, 7) is 0. The number of rotatable bonds is 3. The molecule has 1 fully saturated rings. The van der Waals surface area contributed by atoms with Gasteiger partial charge >= 0.3 is 0 Å². The van der Waals surface area contributed by atoms with Crippen LogP contribution in [0.5, 0.6) is 0 Å². The summed E-state index contributed by atoms with van der Waals surface area (Å²) in [7, 11) is -2.35. The Morgan fingerprint density at radius 3 is 2.40 bits per heavy atom. The van der Waals surface area contributed by atoms with Crippen LogP contribution in [0.3, 0.4) is 0 Å². The monoisotopic (exact) mass is 361 g/mol. The highest BCUT2D eigenvalue weighted by molar-refractivity contribution is 9.10. The van der Waals surface area contributed by atoms with E-state index in [0.29, 0.717) is 12.8 Å². The van der Waals surface area contributed by atoms with Crippen LogP contribution in [-0.4, -0.2) is 29.0 Å². The van der Waals surface area contributed by atoms with Gasteiger partial charge in [-0.25, -0.2) is 13.1 Å². The van der Waals surface area contributed by atoms with Gasteiger partial charge in [-0.05, 0) is 28.8 Å². The minimum Gasteiger partial charge on any atom is -0.235 e. The molecule has 0 aliphatic heterocycles. The highest BCUT2D eigenvalue weighted by Crippen LogP contribution is 2.29. The molecule has 0 aromatic carbocycles. The molecule has 20 heavy (non-hydrogen) atoms. The molecule has 110 valence electrons. The molecule has 0 unspecified atom stereocenters. The normalized spacial score (nSPS) is 19.2. The molecule has 0 bridgehead atoms. The maximum atomic E-state index is 12.5. The standard InChI is InChI=1S/C11H16BrN5O2S/c1-17-10(9(12)14-16-17)20(18,19)15-11(8-13)6-4-2-3-5-7-11/h15H,2-7H2,1H3. The van der Waals surface area contributed by atoms with Gasteiger partial charge in [-0.2, -0.15) is 9.98 Å². The summed E-state index contributed by atoms with van der Waals surface area (Å²) in [5.74, 6) is 0. The first kappa shape index (κ1) is 15.4. The van der Waals surface area contributed by atoms with Crippen LogP contribution < -0.4 is 4.72 Å². The number of nitriles is 1. The SMILES string of the molecule is Cn1nnc(Br)c1S(=O)(=O)NC1(C#N)CCCCCC1. The van der Waals surface area contributed by atoms with Gasteiger partial charge in [-0.15, -0.1) is 5.10 Å². The molecule has 0 radical (unpaired) electrons. The van der Waals surface area contributed by atoms with E-state index in [1.807, 2.05) is 0 Å². The van der Waals surface area contributed by atoms with Gasteiger partial charge in [-0.3, -0.25) is 0 Å². The number of nitrogens with one attached hydrogen (secondary N) is 1. The topological polar surface area (TPSA) is 101 Å². The van der Waals surface area contributed by atoms with Crippen molar-refractivity contribution in [3.8, 4) is 6.07 Å². The molecule has 7 nitrogen and oxygen atoms in total. The smallest absolute Gasteiger partial charge is 0.235 e. The first-order chi connectivity index (χ1) is 9.40. The minimum atomic E-state index is -3.85. The Morgan fingerprint density at radius 1 is 1.35 bits per heavy atom. The van der Waals surface area contributed by atoms with Crippen LogP contribution >= 0.6 is 15.9 Å². The van der Waals surface area contributed by atoms with E-state index in [9.17, 15) is 13.7 Å². The Labute approximate surface area is 126 Å². The average molecular weight is 362 g/mol. The molecule has 1 saturated carbocycles. The molecular weight excluding hydrogens is 346 g/mol. The Bertz CT molecular complexity index is 606. The van der Waals surface area contributed by atoms with Crippen molar-refractivity contribution in [2.75, 3.05) is 0 Å². The Hall–Kier alpha value is -0.980. The van der Waals surface area contributed by atoms with Crippen molar-refractivity contribution in [2.45, 2.75) is 49.1 Å². The summed E-state index contributed by atoms with van der Waals surface area (Å²) in [5, 5.41) is 16.7. The summed E-state index contributed by atoms with van der Waals surface area (Å²) in [6, 6.07) is 2.16. The first-order valence-electron chi connectivity index (χ1n) is 6.41. The highest BCUT2D eigenvalue weighted by atomic mass is 79.9. The van der Waals surface area contributed by atoms with Gasteiger partial charge in [0.1, 0.15) is 5.54 Å². The molecule has 1 aliphatic carbocycles. The van der Waals surface area contributed by atoms with E-state index in [1.165, 1.54) is 11.7 Å². The summed E-state index contributed by atoms with van der Waals surface area (Å²) >= 11 is 3.08. The lowest BCUT2D eigenvalue weighted by Gasteiger charge is -2.25. The van der Waals surface area contributed by atoms with E-state index in [1.54, 1.807) is 0 Å². The van der Waals surface area contributed by atoms with Crippen LogP contribution in [0.15, 0.2) is 9.63 Å². The largest absolute Gasteiger partial charge is 0.261 e. The lowest BCUT2D eigenvalue weighted by molar-refractivity contribution is 0.419. The maximum Gasteiger partial charge on any atom is 0.261 e. The summed E-state index contributed by atoms with van der Waals surface area (Å²) in [6.07, 6.45) is 4.82. The van der Waals surface area contributed by atoms with Crippen LogP contribution in [0.1, 0.15) is 38.5 Å². The highest BCUT2D eigenvalue weighted by Gasteiger charge is 2.38. The molecule has 1 aromatic rings. The van der Waals surface area contributed by atoms with Gasteiger partial charge in [0.05, 0.1) is 6.07 Å². The third-order valence-electron chi connectivity index (χ3n) is 3.49. The van der Waals surface area contributed by atoms with Crippen molar-refractivity contribution in [2.24, 2.45) is 7.05 Å². The first-order valence-corrected chi connectivity index (χ1v) is 8.68. The molecule has 0 amide bonds. The quantitative estimate of drug-likeness (QED) is 0.821. The zero-order valence-corrected chi connectivity index (χ0v) is 13.5. The second-order valence-corrected chi connectivity index (χ2v) is 7.37. The van der Waals surface area contributed by atoms with Crippen LogP contribution in [0.2, 0.25) is 0 Å². The predicted molar refractivity (Wildman–Crippen MR) is 75.1 cm³/mol. The van der Waals surface area contributed by atoms with Crippen molar-refractivity contribution in [3.63, 3.8) is 0 Å². The van der Waals surface area contributed by atoms with E-state index in [-0.39, 0.29) is 9.63 Å². The fourth-order valence-electron chi connectivity index (χ4n) is 2.48. The molecule has 0 spiro atoms. The van der Waals surface area contributed by atoms with Gasteiger partial charge < -0.3 is 0 Å². The summed E-state index contributed by atoms with van der Waals surface area (Å²) in [5.41, 5.74) is -1.03. The summed E-state index contributed by atoms with van der Waals surface area (Å²) in [4.78, 5) is 0. The molecule has 1 heterocycles. The van der Waals surface area contributed by atoms with Gasteiger partial charge in [0.2, 0.25) is 5.03 Å². The van der Waals surface area contributed by atoms with E-state index >= 15 is 0 Å². The molecule has 9 heteroatoms. The lowest BCUT2D eigenvalue weighted by Crippen LogP contribution is -2.47. The van der Waals surface area contributed by atoms with E-state index in [2.05, 4.69) is 37.0 Å². The van der Waals surface area contributed by atoms with Crippen molar-refractivity contribution in [1.29, 1.82) is 5.26 Å². The zero-order chi connectivity index (χ0) is 14.8. The van der Waals surface area contributed by atoms with Crippen molar-refractivity contribution >= 4 is 26.0 Å². The molecule has 0 atom stereocenters. The fourth-order valence-corrected chi connectivity index (χ4v) is 4.96. The Morgan fingerprint density at radius 2 is 1.95 bits per heavy atom. The second-order valence-electron chi connectivity index (χ2n) is 5.02. The van der Waals surface area contributed by atoms with Gasteiger partial charge in [0.15, 0.2) is 4.60 Å². The van der Waals surface area contributed by atoms with Crippen molar-refractivity contribution < 1.29 is 8.42 Å². The van der Waals surface area contributed by atoms with E-state index in [0.717, 1.165) is 25.7 Å².